The van der Waals surface area contributed by atoms with Crippen LogP contribution in [0.15, 0.2) is 29.4 Å². The number of rotatable bonds is 3. The van der Waals surface area contributed by atoms with Gasteiger partial charge in [0, 0.05) is 22.5 Å². The fourth-order valence-corrected chi connectivity index (χ4v) is 4.34. The van der Waals surface area contributed by atoms with E-state index in [1.54, 1.807) is 0 Å². The Morgan fingerprint density at radius 2 is 1.79 bits per heavy atom. The van der Waals surface area contributed by atoms with Gasteiger partial charge < -0.3 is 0 Å². The minimum Gasteiger partial charge on any atom is -0.265 e. The molecule has 76 valence electrons. The second-order valence-corrected chi connectivity index (χ2v) is 6.20. The van der Waals surface area contributed by atoms with Crippen molar-refractivity contribution in [3.63, 3.8) is 0 Å². The summed E-state index contributed by atoms with van der Waals surface area (Å²) < 4.78 is 0. The van der Waals surface area contributed by atoms with Gasteiger partial charge in [-0.15, -0.1) is 0 Å². The summed E-state index contributed by atoms with van der Waals surface area (Å²) in [5.74, 6) is 0. The van der Waals surface area contributed by atoms with E-state index in [2.05, 4.69) is 17.1 Å². The molecule has 0 bridgehead atoms. The highest BCUT2D eigenvalue weighted by atomic mass is 33.1. The number of aromatic nitrogens is 1. The van der Waals surface area contributed by atoms with E-state index in [1.165, 1.54) is 37.0 Å². The zero-order chi connectivity index (χ0) is 9.64. The molecule has 14 heavy (non-hydrogen) atoms. The van der Waals surface area contributed by atoms with Gasteiger partial charge in [-0.2, -0.15) is 0 Å². The predicted molar refractivity (Wildman–Crippen MR) is 64.6 cm³/mol. The Morgan fingerprint density at radius 3 is 2.50 bits per heavy atom. The normalized spacial score (nSPS) is 18.3. The number of nitrogens with zero attached hydrogens (tertiary/aromatic N) is 1. The highest BCUT2D eigenvalue weighted by Gasteiger charge is 2.13. The lowest BCUT2D eigenvalue weighted by molar-refractivity contribution is 0.517. The van der Waals surface area contributed by atoms with Crippen LogP contribution in [0.4, 0.5) is 0 Å². The van der Waals surface area contributed by atoms with Crippen LogP contribution in [-0.2, 0) is 0 Å². The van der Waals surface area contributed by atoms with Gasteiger partial charge in [0.15, 0.2) is 0 Å². The topological polar surface area (TPSA) is 12.9 Å². The van der Waals surface area contributed by atoms with Crippen molar-refractivity contribution in [3.05, 3.63) is 24.5 Å². The molecule has 1 nitrogen and oxygen atoms in total. The summed E-state index contributed by atoms with van der Waals surface area (Å²) >= 11 is 0. The SMILES string of the molecule is c1cc(SSC2CCCCC2)ccn1. The molecule has 1 aliphatic rings. The predicted octanol–water partition coefficient (Wildman–Crippen LogP) is 4.15. The van der Waals surface area contributed by atoms with Crippen LogP contribution in [0, 0.1) is 0 Å². The van der Waals surface area contributed by atoms with Crippen LogP contribution < -0.4 is 0 Å². The van der Waals surface area contributed by atoms with E-state index in [1.807, 2.05) is 34.0 Å². The third-order valence-electron chi connectivity index (χ3n) is 2.48. The minimum atomic E-state index is 0.877. The molecule has 0 aliphatic heterocycles. The third-order valence-corrected chi connectivity index (χ3v) is 5.47. The summed E-state index contributed by atoms with van der Waals surface area (Å²) in [4.78, 5) is 5.35. The molecule has 1 aromatic rings. The van der Waals surface area contributed by atoms with Gasteiger partial charge in [-0.05, 0) is 25.0 Å². The Bertz CT molecular complexity index is 257. The smallest absolute Gasteiger partial charge is 0.0279 e. The molecular weight excluding hydrogens is 210 g/mol. The first-order chi connectivity index (χ1) is 6.95. The molecule has 0 N–H and O–H groups in total. The van der Waals surface area contributed by atoms with Gasteiger partial charge in [0.25, 0.3) is 0 Å². The molecule has 1 aromatic heterocycles. The first-order valence-corrected chi connectivity index (χ1v) is 7.40. The molecule has 0 radical (unpaired) electrons. The molecule has 2 rings (SSSR count). The largest absolute Gasteiger partial charge is 0.265 e. The number of pyridine rings is 1. The van der Waals surface area contributed by atoms with E-state index in [9.17, 15) is 0 Å². The molecule has 3 heteroatoms. The molecule has 0 amide bonds. The maximum atomic E-state index is 4.02. The molecule has 0 unspecified atom stereocenters. The summed E-state index contributed by atoms with van der Waals surface area (Å²) in [5, 5.41) is 0.877. The van der Waals surface area contributed by atoms with Crippen molar-refractivity contribution in [2.24, 2.45) is 0 Å². The Balaban J connectivity index is 1.76. The van der Waals surface area contributed by atoms with Crippen LogP contribution in [0.1, 0.15) is 32.1 Å². The lowest BCUT2D eigenvalue weighted by Gasteiger charge is -2.19. The molecular formula is C11H15NS2. The Morgan fingerprint density at radius 1 is 1.07 bits per heavy atom. The van der Waals surface area contributed by atoms with Crippen molar-refractivity contribution in [3.8, 4) is 0 Å². The Hall–Kier alpha value is -0.150. The first kappa shape index (κ1) is 10.4. The zero-order valence-electron chi connectivity index (χ0n) is 8.19. The van der Waals surface area contributed by atoms with Gasteiger partial charge >= 0.3 is 0 Å². The van der Waals surface area contributed by atoms with Crippen LogP contribution in [-0.4, -0.2) is 10.2 Å². The highest BCUT2D eigenvalue weighted by Crippen LogP contribution is 2.39. The second kappa shape index (κ2) is 5.66. The maximum absolute atomic E-state index is 4.02. The van der Waals surface area contributed by atoms with Crippen molar-refractivity contribution in [2.45, 2.75) is 42.2 Å². The fourth-order valence-electron chi connectivity index (χ4n) is 1.68. The van der Waals surface area contributed by atoms with E-state index < -0.39 is 0 Å². The van der Waals surface area contributed by atoms with Crippen molar-refractivity contribution >= 4 is 21.6 Å². The molecule has 1 fully saturated rings. The van der Waals surface area contributed by atoms with E-state index in [0.29, 0.717) is 0 Å². The van der Waals surface area contributed by atoms with Crippen molar-refractivity contribution in [2.75, 3.05) is 0 Å². The molecule has 0 saturated heterocycles. The third kappa shape index (κ3) is 3.21. The molecule has 0 atom stereocenters. The zero-order valence-corrected chi connectivity index (χ0v) is 9.82. The first-order valence-electron chi connectivity index (χ1n) is 5.18. The molecule has 1 saturated carbocycles. The number of hydrogen-bond acceptors (Lipinski definition) is 3. The molecule has 0 aromatic carbocycles. The van der Waals surface area contributed by atoms with E-state index in [4.69, 9.17) is 0 Å². The van der Waals surface area contributed by atoms with Crippen LogP contribution in [0.3, 0.4) is 0 Å². The van der Waals surface area contributed by atoms with Crippen LogP contribution in [0.2, 0.25) is 0 Å². The summed E-state index contributed by atoms with van der Waals surface area (Å²) in [6.07, 6.45) is 10.8. The van der Waals surface area contributed by atoms with Crippen molar-refractivity contribution < 1.29 is 0 Å². The summed E-state index contributed by atoms with van der Waals surface area (Å²) in [6, 6.07) is 4.17. The van der Waals surface area contributed by atoms with Crippen molar-refractivity contribution in [1.29, 1.82) is 0 Å². The second-order valence-electron chi connectivity index (χ2n) is 3.62. The van der Waals surface area contributed by atoms with Gasteiger partial charge in [0.2, 0.25) is 0 Å². The Labute approximate surface area is 93.5 Å². The average molecular weight is 225 g/mol. The summed E-state index contributed by atoms with van der Waals surface area (Å²) in [6.45, 7) is 0. The van der Waals surface area contributed by atoms with Crippen LogP contribution in [0.25, 0.3) is 0 Å². The van der Waals surface area contributed by atoms with Gasteiger partial charge in [-0.3, -0.25) is 4.98 Å². The van der Waals surface area contributed by atoms with Crippen LogP contribution in [0.5, 0.6) is 0 Å². The molecule has 1 heterocycles. The van der Waals surface area contributed by atoms with Gasteiger partial charge in [-0.1, -0.05) is 40.9 Å². The molecule has 0 spiro atoms. The summed E-state index contributed by atoms with van der Waals surface area (Å²) in [7, 11) is 3.94. The highest BCUT2D eigenvalue weighted by molar-refractivity contribution is 8.76. The van der Waals surface area contributed by atoms with Gasteiger partial charge in [0.05, 0.1) is 0 Å². The standard InChI is InChI=1S/C11H15NS2/c1-2-4-10(5-3-1)13-14-11-6-8-12-9-7-11/h6-10H,1-5H2. The van der Waals surface area contributed by atoms with Gasteiger partial charge in [0.1, 0.15) is 0 Å². The lowest BCUT2D eigenvalue weighted by Crippen LogP contribution is -2.06. The Kier molecular flexibility index (Phi) is 4.20. The fraction of sp³-hybridized carbons (Fsp3) is 0.545. The average Bonchev–Trinajstić information content (AvgIpc) is 2.29. The van der Waals surface area contributed by atoms with Gasteiger partial charge in [-0.25, -0.2) is 0 Å². The minimum absolute atomic E-state index is 0.877. The quantitative estimate of drug-likeness (QED) is 0.717. The maximum Gasteiger partial charge on any atom is 0.0279 e. The van der Waals surface area contributed by atoms with E-state index >= 15 is 0 Å². The van der Waals surface area contributed by atoms with Crippen LogP contribution >= 0.6 is 21.6 Å². The van der Waals surface area contributed by atoms with Crippen molar-refractivity contribution in [1.82, 2.24) is 4.98 Å². The van der Waals surface area contributed by atoms with E-state index in [-0.39, 0.29) is 0 Å². The monoisotopic (exact) mass is 225 g/mol. The number of hydrogen-bond donors (Lipinski definition) is 0. The lowest BCUT2D eigenvalue weighted by atomic mass is 10.0. The van der Waals surface area contributed by atoms with E-state index in [0.717, 1.165) is 5.25 Å². The summed E-state index contributed by atoms with van der Waals surface area (Å²) in [5.41, 5.74) is 0. The molecule has 1 aliphatic carbocycles.